The van der Waals surface area contributed by atoms with Crippen LogP contribution in [-0.2, 0) is 16.4 Å². The molecule has 1 aromatic heterocycles. The molecule has 98 valence electrons. The molecule has 0 fully saturated rings. The van der Waals surface area contributed by atoms with Gasteiger partial charge >= 0.3 is 0 Å². The van der Waals surface area contributed by atoms with Crippen LogP contribution < -0.4 is 10.6 Å². The van der Waals surface area contributed by atoms with Gasteiger partial charge in [-0.25, -0.2) is 13.1 Å². The molecule has 0 spiro atoms. The first-order chi connectivity index (χ1) is 7.64. The highest BCUT2D eigenvalue weighted by atomic mass is 32.2. The molecule has 0 aromatic carbocycles. The van der Waals surface area contributed by atoms with Crippen LogP contribution in [0, 0.1) is 5.92 Å². The molecule has 0 saturated carbocycles. The quantitative estimate of drug-likeness (QED) is 0.857. The summed E-state index contributed by atoms with van der Waals surface area (Å²) in [5.41, 5.74) is 5.87. The van der Waals surface area contributed by atoms with Gasteiger partial charge < -0.3 is 10.6 Å². The van der Waals surface area contributed by atoms with Crippen molar-refractivity contribution in [2.75, 3.05) is 31.0 Å². The maximum Gasteiger partial charge on any atom is 0.182 e. The number of nitrogens with two attached hydrogens (primary N) is 1. The van der Waals surface area contributed by atoms with E-state index in [1.165, 1.54) is 0 Å². The molecule has 0 atom stereocenters. The second-order valence-corrected chi connectivity index (χ2v) is 6.73. The van der Waals surface area contributed by atoms with E-state index in [0.717, 1.165) is 6.26 Å². The monoisotopic (exact) mass is 260 g/mol. The fraction of sp³-hybridized carbons (Fsp3) is 0.700. The number of aromatic nitrogens is 2. The van der Waals surface area contributed by atoms with Crippen molar-refractivity contribution in [2.24, 2.45) is 5.92 Å². The van der Waals surface area contributed by atoms with E-state index in [1.807, 2.05) is 13.8 Å². The summed E-state index contributed by atoms with van der Waals surface area (Å²) in [6, 6.07) is 0. The minimum atomic E-state index is -3.37. The molecule has 17 heavy (non-hydrogen) atoms. The summed E-state index contributed by atoms with van der Waals surface area (Å²) < 4.78 is 25.0. The Bertz CT molecular complexity index is 503. The molecule has 1 aromatic rings. The predicted molar refractivity (Wildman–Crippen MR) is 68.9 cm³/mol. The Labute approximate surface area is 102 Å². The second-order valence-electron chi connectivity index (χ2n) is 4.78. The van der Waals surface area contributed by atoms with E-state index in [-0.39, 0.29) is 10.7 Å². The average molecular weight is 260 g/mol. The molecule has 0 aliphatic carbocycles. The first kappa shape index (κ1) is 13.8. The van der Waals surface area contributed by atoms with Gasteiger partial charge in [0.15, 0.2) is 20.6 Å². The van der Waals surface area contributed by atoms with E-state index >= 15 is 0 Å². The Morgan fingerprint density at radius 2 is 1.94 bits per heavy atom. The van der Waals surface area contributed by atoms with Gasteiger partial charge in [-0.15, -0.1) is 0 Å². The SMILES string of the molecule is CC(C)Cn1nc(N(C)C)c(S(C)(=O)=O)c1N. The highest BCUT2D eigenvalue weighted by Gasteiger charge is 2.25. The number of hydrogen-bond acceptors (Lipinski definition) is 5. The van der Waals surface area contributed by atoms with E-state index < -0.39 is 9.84 Å². The summed E-state index contributed by atoms with van der Waals surface area (Å²) in [7, 11) is 0.118. The lowest BCUT2D eigenvalue weighted by Crippen LogP contribution is -2.13. The third kappa shape index (κ3) is 2.91. The van der Waals surface area contributed by atoms with Crippen molar-refractivity contribution in [3.05, 3.63) is 0 Å². The third-order valence-corrected chi connectivity index (χ3v) is 3.40. The Morgan fingerprint density at radius 3 is 2.24 bits per heavy atom. The smallest absolute Gasteiger partial charge is 0.182 e. The van der Waals surface area contributed by atoms with E-state index in [4.69, 9.17) is 5.73 Å². The van der Waals surface area contributed by atoms with E-state index in [1.54, 1.807) is 23.7 Å². The summed E-state index contributed by atoms with van der Waals surface area (Å²) in [6.45, 7) is 4.65. The molecule has 0 aliphatic rings. The van der Waals surface area contributed by atoms with Crippen LogP contribution in [0.3, 0.4) is 0 Å². The van der Waals surface area contributed by atoms with Gasteiger partial charge in [0, 0.05) is 26.9 Å². The van der Waals surface area contributed by atoms with Gasteiger partial charge in [-0.1, -0.05) is 13.8 Å². The number of nitrogens with zero attached hydrogens (tertiary/aromatic N) is 3. The zero-order chi connectivity index (χ0) is 13.4. The van der Waals surface area contributed by atoms with Crippen molar-refractivity contribution in [3.8, 4) is 0 Å². The van der Waals surface area contributed by atoms with Gasteiger partial charge in [-0.3, -0.25) is 0 Å². The van der Waals surface area contributed by atoms with Gasteiger partial charge in [0.05, 0.1) is 0 Å². The first-order valence-electron chi connectivity index (χ1n) is 5.38. The maximum absolute atomic E-state index is 11.7. The zero-order valence-corrected chi connectivity index (χ0v) is 11.7. The van der Waals surface area contributed by atoms with Gasteiger partial charge in [0.2, 0.25) is 0 Å². The van der Waals surface area contributed by atoms with Crippen molar-refractivity contribution in [2.45, 2.75) is 25.3 Å². The van der Waals surface area contributed by atoms with Crippen molar-refractivity contribution in [1.29, 1.82) is 0 Å². The minimum absolute atomic E-state index is 0.114. The first-order valence-corrected chi connectivity index (χ1v) is 7.27. The topological polar surface area (TPSA) is 81.2 Å². The van der Waals surface area contributed by atoms with E-state index in [9.17, 15) is 8.42 Å². The normalized spacial score (nSPS) is 12.1. The van der Waals surface area contributed by atoms with E-state index in [0.29, 0.717) is 18.3 Å². The second kappa shape index (κ2) is 4.56. The van der Waals surface area contributed by atoms with E-state index in [2.05, 4.69) is 5.10 Å². The van der Waals surface area contributed by atoms with Crippen molar-refractivity contribution >= 4 is 21.5 Å². The lowest BCUT2D eigenvalue weighted by molar-refractivity contribution is 0.488. The third-order valence-electron chi connectivity index (χ3n) is 2.26. The predicted octanol–water partition coefficient (Wildman–Crippen LogP) is 0.591. The molecule has 1 heterocycles. The number of sulfone groups is 1. The number of nitrogen functional groups attached to an aromatic ring is 1. The largest absolute Gasteiger partial charge is 0.383 e. The van der Waals surface area contributed by atoms with Crippen molar-refractivity contribution in [3.63, 3.8) is 0 Å². The Balaban J connectivity index is 3.41. The molecule has 0 aliphatic heterocycles. The van der Waals surface area contributed by atoms with Crippen LogP contribution in [0.5, 0.6) is 0 Å². The molecule has 0 unspecified atom stereocenters. The number of hydrogen-bond donors (Lipinski definition) is 1. The summed E-state index contributed by atoms with van der Waals surface area (Å²) in [5.74, 6) is 0.954. The highest BCUT2D eigenvalue weighted by molar-refractivity contribution is 7.91. The molecule has 7 heteroatoms. The fourth-order valence-electron chi connectivity index (χ4n) is 1.58. The van der Waals surface area contributed by atoms with Crippen LogP contribution >= 0.6 is 0 Å². The molecule has 2 N–H and O–H groups in total. The summed E-state index contributed by atoms with van der Waals surface area (Å²) in [6.07, 6.45) is 1.15. The molecule has 6 nitrogen and oxygen atoms in total. The Morgan fingerprint density at radius 1 is 1.41 bits per heavy atom. The van der Waals surface area contributed by atoms with Crippen LogP contribution in [0.15, 0.2) is 4.90 Å². The summed E-state index contributed by atoms with van der Waals surface area (Å²) in [5, 5.41) is 4.25. The van der Waals surface area contributed by atoms with Crippen molar-refractivity contribution < 1.29 is 8.42 Å². The lowest BCUT2D eigenvalue weighted by atomic mass is 10.2. The molecule has 0 bridgehead atoms. The highest BCUT2D eigenvalue weighted by Crippen LogP contribution is 2.29. The lowest BCUT2D eigenvalue weighted by Gasteiger charge is -2.09. The van der Waals surface area contributed by atoms with Gasteiger partial charge in [0.25, 0.3) is 0 Å². The fourth-order valence-corrected chi connectivity index (χ4v) is 2.62. The molecule has 0 saturated heterocycles. The van der Waals surface area contributed by atoms with Crippen LogP contribution in [0.1, 0.15) is 13.8 Å². The van der Waals surface area contributed by atoms with Gasteiger partial charge in [-0.05, 0) is 5.92 Å². The van der Waals surface area contributed by atoms with Crippen LogP contribution in [-0.4, -0.2) is 38.5 Å². The number of anilines is 2. The zero-order valence-electron chi connectivity index (χ0n) is 10.9. The van der Waals surface area contributed by atoms with Crippen molar-refractivity contribution in [1.82, 2.24) is 9.78 Å². The number of rotatable bonds is 4. The Kier molecular flexibility index (Phi) is 3.71. The summed E-state index contributed by atoms with van der Waals surface area (Å²) in [4.78, 5) is 1.77. The molecular formula is C10H20N4O2S. The standard InChI is InChI=1S/C10H20N4O2S/c1-7(2)6-14-9(11)8(17(5,15)16)10(12-14)13(3)4/h7H,6,11H2,1-5H3. The molecular weight excluding hydrogens is 240 g/mol. The molecule has 0 radical (unpaired) electrons. The Hall–Kier alpha value is -1.24. The van der Waals surface area contributed by atoms with Crippen LogP contribution in [0.4, 0.5) is 11.6 Å². The van der Waals surface area contributed by atoms with Crippen LogP contribution in [0.2, 0.25) is 0 Å². The minimum Gasteiger partial charge on any atom is -0.383 e. The summed E-state index contributed by atoms with van der Waals surface area (Å²) >= 11 is 0. The maximum atomic E-state index is 11.7. The van der Waals surface area contributed by atoms with Crippen LogP contribution in [0.25, 0.3) is 0 Å². The van der Waals surface area contributed by atoms with Gasteiger partial charge in [0.1, 0.15) is 5.82 Å². The molecule has 1 rings (SSSR count). The van der Waals surface area contributed by atoms with Gasteiger partial charge in [-0.2, -0.15) is 5.10 Å². The average Bonchev–Trinajstić information content (AvgIpc) is 2.42. The molecule has 0 amide bonds.